The van der Waals surface area contributed by atoms with E-state index in [1.807, 2.05) is 11.4 Å². The molecule has 2 heterocycles. The Labute approximate surface area is 238 Å². The van der Waals surface area contributed by atoms with E-state index in [0.29, 0.717) is 66.2 Å². The monoisotopic (exact) mass is 590 g/mol. The minimum atomic E-state index is -0.906. The molecule has 2 N–H and O–H groups in total. The lowest BCUT2D eigenvalue weighted by atomic mass is 9.83. The number of nitrogens with zero attached hydrogens (tertiary/aromatic N) is 1. The highest BCUT2D eigenvalue weighted by molar-refractivity contribution is 8.26. The molecule has 0 spiro atoms. The predicted octanol–water partition coefficient (Wildman–Crippen LogP) is 6.21. The quantitative estimate of drug-likeness (QED) is 0.307. The lowest BCUT2D eigenvalue weighted by Crippen LogP contribution is -2.45. The molecule has 3 aliphatic rings. The lowest BCUT2D eigenvalue weighted by molar-refractivity contribution is -0.142. The standard InChI is InChI=1S/C28H28F2N2O4S3/c29-22-10-5-17(12-23(22)30)18-11-21(38-14-18)13-24-26(34)32(28(37)39-24)20-8-3-15(4-9-20)25(33)31-19-6-1-16(2-7-19)27(35)36/h5,10-16,19-20H,1-4,6-9H2,(H,31,33)(H,35,36). The molecule has 1 aromatic carbocycles. The number of thioether (sulfide) groups is 1. The van der Waals surface area contributed by atoms with Gasteiger partial charge in [0.25, 0.3) is 5.91 Å². The van der Waals surface area contributed by atoms with Crippen molar-refractivity contribution in [2.75, 3.05) is 0 Å². The Morgan fingerprint density at radius 3 is 2.33 bits per heavy atom. The normalized spacial score (nSPS) is 26.7. The van der Waals surface area contributed by atoms with Gasteiger partial charge in [-0.1, -0.05) is 30.0 Å². The average Bonchev–Trinajstić information content (AvgIpc) is 3.50. The molecule has 1 saturated heterocycles. The highest BCUT2D eigenvalue weighted by atomic mass is 32.2. The van der Waals surface area contributed by atoms with E-state index in [1.54, 1.807) is 11.0 Å². The molecule has 206 valence electrons. The zero-order chi connectivity index (χ0) is 27.7. The number of rotatable bonds is 6. The first-order valence-electron chi connectivity index (χ1n) is 13.0. The molecule has 11 heteroatoms. The van der Waals surface area contributed by atoms with Gasteiger partial charge in [0.2, 0.25) is 5.91 Å². The summed E-state index contributed by atoms with van der Waals surface area (Å²) in [6.07, 6.45) is 7.04. The summed E-state index contributed by atoms with van der Waals surface area (Å²) in [6.45, 7) is 0. The maximum absolute atomic E-state index is 13.6. The highest BCUT2D eigenvalue weighted by Crippen LogP contribution is 2.39. The molecule has 2 saturated carbocycles. The Kier molecular flexibility index (Phi) is 8.49. The minimum Gasteiger partial charge on any atom is -0.481 e. The average molecular weight is 591 g/mol. The number of aliphatic carboxylic acids is 1. The van der Waals surface area contributed by atoms with Crippen molar-refractivity contribution in [1.82, 2.24) is 10.2 Å². The molecule has 1 aromatic heterocycles. The predicted molar refractivity (Wildman–Crippen MR) is 152 cm³/mol. The van der Waals surface area contributed by atoms with Crippen molar-refractivity contribution in [3.8, 4) is 11.1 Å². The number of hydrogen-bond acceptors (Lipinski definition) is 6. The number of halogens is 2. The third-order valence-corrected chi connectivity index (χ3v) is 10.0. The van der Waals surface area contributed by atoms with Crippen molar-refractivity contribution >= 4 is 63.5 Å². The van der Waals surface area contributed by atoms with Crippen LogP contribution in [0.3, 0.4) is 0 Å². The van der Waals surface area contributed by atoms with Gasteiger partial charge in [0, 0.05) is 22.9 Å². The van der Waals surface area contributed by atoms with Crippen LogP contribution in [0.15, 0.2) is 34.6 Å². The van der Waals surface area contributed by atoms with Gasteiger partial charge in [0.1, 0.15) is 4.32 Å². The third kappa shape index (κ3) is 6.25. The number of carboxylic acid groups (broad SMARTS) is 1. The largest absolute Gasteiger partial charge is 0.481 e. The number of thiocarbonyl (C=S) groups is 1. The number of thiophene rings is 1. The van der Waals surface area contributed by atoms with Crippen molar-refractivity contribution < 1.29 is 28.3 Å². The van der Waals surface area contributed by atoms with Gasteiger partial charge in [-0.05, 0) is 92.1 Å². The second-order valence-electron chi connectivity index (χ2n) is 10.3. The topological polar surface area (TPSA) is 86.7 Å². The van der Waals surface area contributed by atoms with Crippen LogP contribution in [-0.4, -0.2) is 44.2 Å². The van der Waals surface area contributed by atoms with Crippen molar-refractivity contribution in [3.05, 3.63) is 51.1 Å². The number of carboxylic acids is 1. The molecular formula is C28H28F2N2O4S3. The van der Waals surface area contributed by atoms with Crippen LogP contribution in [0, 0.1) is 23.5 Å². The number of hydrogen-bond donors (Lipinski definition) is 2. The SMILES string of the molecule is O=C(O)C1CCC(NC(=O)C2CCC(N3C(=O)C(=Cc4cc(-c5ccc(F)c(F)c5)cs4)SC3=S)CC2)CC1. The summed E-state index contributed by atoms with van der Waals surface area (Å²) in [4.78, 5) is 40.3. The van der Waals surface area contributed by atoms with Crippen LogP contribution in [0.2, 0.25) is 0 Å². The van der Waals surface area contributed by atoms with Crippen LogP contribution >= 0.6 is 35.3 Å². The Balaban J connectivity index is 1.16. The van der Waals surface area contributed by atoms with Crippen LogP contribution < -0.4 is 5.32 Å². The van der Waals surface area contributed by atoms with Crippen LogP contribution in [0.25, 0.3) is 17.2 Å². The van der Waals surface area contributed by atoms with E-state index >= 15 is 0 Å². The molecule has 3 fully saturated rings. The van der Waals surface area contributed by atoms with Gasteiger partial charge < -0.3 is 10.4 Å². The summed E-state index contributed by atoms with van der Waals surface area (Å²) >= 11 is 8.21. The Hall–Kier alpha value is -2.63. The van der Waals surface area contributed by atoms with E-state index in [2.05, 4.69) is 5.32 Å². The molecule has 0 unspecified atom stereocenters. The van der Waals surface area contributed by atoms with Gasteiger partial charge in [-0.25, -0.2) is 8.78 Å². The van der Waals surface area contributed by atoms with Gasteiger partial charge in [0.05, 0.1) is 10.8 Å². The molecular weight excluding hydrogens is 563 g/mol. The molecule has 1 aliphatic heterocycles. The zero-order valence-electron chi connectivity index (χ0n) is 21.0. The molecule has 2 aromatic rings. The summed E-state index contributed by atoms with van der Waals surface area (Å²) in [6, 6.07) is 5.58. The molecule has 0 atom stereocenters. The Morgan fingerprint density at radius 2 is 1.67 bits per heavy atom. The second-order valence-corrected chi connectivity index (χ2v) is 12.9. The first-order chi connectivity index (χ1) is 18.7. The number of amides is 2. The molecule has 0 bridgehead atoms. The van der Waals surface area contributed by atoms with Gasteiger partial charge in [-0.3, -0.25) is 19.3 Å². The molecule has 5 rings (SSSR count). The number of carbonyl (C=O) groups is 3. The first-order valence-corrected chi connectivity index (χ1v) is 15.1. The Morgan fingerprint density at radius 1 is 0.974 bits per heavy atom. The summed E-state index contributed by atoms with van der Waals surface area (Å²) < 4.78 is 27.4. The highest BCUT2D eigenvalue weighted by Gasteiger charge is 2.40. The summed E-state index contributed by atoms with van der Waals surface area (Å²) in [7, 11) is 0. The third-order valence-electron chi connectivity index (χ3n) is 7.83. The van der Waals surface area contributed by atoms with E-state index in [0.717, 1.165) is 22.6 Å². The molecule has 2 amide bonds. The summed E-state index contributed by atoms with van der Waals surface area (Å²) in [5, 5.41) is 14.1. The smallest absolute Gasteiger partial charge is 0.306 e. The van der Waals surface area contributed by atoms with E-state index in [4.69, 9.17) is 17.3 Å². The van der Waals surface area contributed by atoms with E-state index < -0.39 is 17.6 Å². The maximum atomic E-state index is 13.6. The molecule has 2 aliphatic carbocycles. The van der Waals surface area contributed by atoms with Gasteiger partial charge in [0.15, 0.2) is 11.6 Å². The van der Waals surface area contributed by atoms with Crippen molar-refractivity contribution in [1.29, 1.82) is 0 Å². The lowest BCUT2D eigenvalue weighted by Gasteiger charge is -2.34. The van der Waals surface area contributed by atoms with Crippen molar-refractivity contribution in [2.24, 2.45) is 11.8 Å². The van der Waals surface area contributed by atoms with Gasteiger partial charge >= 0.3 is 5.97 Å². The molecule has 6 nitrogen and oxygen atoms in total. The molecule has 39 heavy (non-hydrogen) atoms. The van der Waals surface area contributed by atoms with Crippen molar-refractivity contribution in [2.45, 2.75) is 63.5 Å². The maximum Gasteiger partial charge on any atom is 0.306 e. The number of nitrogens with one attached hydrogen (secondary N) is 1. The fourth-order valence-electron chi connectivity index (χ4n) is 5.58. The van der Waals surface area contributed by atoms with Crippen LogP contribution in [0.4, 0.5) is 8.78 Å². The minimum absolute atomic E-state index is 0.0204. The van der Waals surface area contributed by atoms with Crippen LogP contribution in [0.5, 0.6) is 0 Å². The van der Waals surface area contributed by atoms with Gasteiger partial charge in [-0.15, -0.1) is 11.3 Å². The summed E-state index contributed by atoms with van der Waals surface area (Å²) in [5.41, 5.74) is 1.30. The summed E-state index contributed by atoms with van der Waals surface area (Å²) in [5.74, 6) is -3.11. The van der Waals surface area contributed by atoms with E-state index in [9.17, 15) is 23.2 Å². The Bertz CT molecular complexity index is 1330. The van der Waals surface area contributed by atoms with Crippen molar-refractivity contribution in [3.63, 3.8) is 0 Å². The van der Waals surface area contributed by atoms with E-state index in [-0.39, 0.29) is 35.7 Å². The van der Waals surface area contributed by atoms with Crippen LogP contribution in [-0.2, 0) is 14.4 Å². The fraction of sp³-hybridized carbons (Fsp3) is 0.429. The van der Waals surface area contributed by atoms with Gasteiger partial charge in [-0.2, -0.15) is 0 Å². The van der Waals surface area contributed by atoms with E-state index in [1.165, 1.54) is 29.2 Å². The zero-order valence-corrected chi connectivity index (χ0v) is 23.5. The fourth-order valence-corrected chi connectivity index (χ4v) is 7.89. The second kappa shape index (κ2) is 11.9. The molecule has 0 radical (unpaired) electrons. The number of benzene rings is 1. The first kappa shape index (κ1) is 27.9. The van der Waals surface area contributed by atoms with Crippen LogP contribution in [0.1, 0.15) is 56.2 Å². The number of carbonyl (C=O) groups excluding carboxylic acids is 2.